The number of nitrogens with zero attached hydrogens (tertiary/aromatic N) is 2. The van der Waals surface area contributed by atoms with Crippen LogP contribution in [0.3, 0.4) is 0 Å². The van der Waals surface area contributed by atoms with E-state index in [-0.39, 0.29) is 28.3 Å². The van der Waals surface area contributed by atoms with Crippen molar-refractivity contribution in [2.24, 2.45) is 0 Å². The first-order valence-corrected chi connectivity index (χ1v) is 8.82. The number of non-ortho nitro benzene ring substituents is 1. The molecule has 1 aliphatic heterocycles. The Hall–Kier alpha value is -4.21. The van der Waals surface area contributed by atoms with Gasteiger partial charge in [0.1, 0.15) is 17.1 Å². The van der Waals surface area contributed by atoms with Crippen molar-refractivity contribution in [3.05, 3.63) is 63.7 Å². The van der Waals surface area contributed by atoms with Gasteiger partial charge in [-0.25, -0.2) is 9.69 Å². The second kappa shape index (κ2) is 8.43. The van der Waals surface area contributed by atoms with Gasteiger partial charge in [-0.3, -0.25) is 25.0 Å². The molecule has 4 amide bonds. The molecule has 1 fully saturated rings. The van der Waals surface area contributed by atoms with E-state index in [1.165, 1.54) is 37.4 Å². The predicted molar refractivity (Wildman–Crippen MR) is 106 cm³/mol. The molecule has 2 aromatic rings. The maximum atomic E-state index is 13.0. The monoisotopic (exact) mass is 411 g/mol. The van der Waals surface area contributed by atoms with Crippen LogP contribution in [0.1, 0.15) is 12.5 Å². The van der Waals surface area contributed by atoms with E-state index < -0.39 is 22.8 Å². The third-order valence-electron chi connectivity index (χ3n) is 4.23. The largest absolute Gasteiger partial charge is 0.496 e. The van der Waals surface area contributed by atoms with Crippen molar-refractivity contribution in [3.63, 3.8) is 0 Å². The van der Waals surface area contributed by atoms with Crippen LogP contribution >= 0.6 is 0 Å². The molecular formula is C20H17N3O7. The van der Waals surface area contributed by atoms with Crippen molar-refractivity contribution in [3.8, 4) is 11.5 Å². The highest BCUT2D eigenvalue weighted by atomic mass is 16.6. The Labute approximate surface area is 170 Å². The number of nitro benzene ring substituents is 1. The maximum absolute atomic E-state index is 13.0. The molecule has 0 saturated carbocycles. The van der Waals surface area contributed by atoms with E-state index in [1.807, 2.05) is 6.92 Å². The van der Waals surface area contributed by atoms with Gasteiger partial charge < -0.3 is 9.47 Å². The number of nitro groups is 1. The van der Waals surface area contributed by atoms with Crippen LogP contribution in [-0.2, 0) is 9.59 Å². The zero-order valence-electron chi connectivity index (χ0n) is 16.1. The van der Waals surface area contributed by atoms with Gasteiger partial charge in [0.05, 0.1) is 24.3 Å². The molecule has 1 N–H and O–H groups in total. The summed E-state index contributed by atoms with van der Waals surface area (Å²) in [6.07, 6.45) is 1.15. The van der Waals surface area contributed by atoms with Crippen LogP contribution in [0.25, 0.3) is 6.08 Å². The molecule has 0 unspecified atom stereocenters. The normalized spacial score (nSPS) is 15.2. The zero-order valence-corrected chi connectivity index (χ0v) is 16.1. The lowest BCUT2D eigenvalue weighted by atomic mass is 10.1. The second-order valence-electron chi connectivity index (χ2n) is 6.07. The van der Waals surface area contributed by atoms with Crippen molar-refractivity contribution in [1.82, 2.24) is 5.32 Å². The maximum Gasteiger partial charge on any atom is 0.335 e. The smallest absolute Gasteiger partial charge is 0.335 e. The molecule has 3 rings (SSSR count). The molecule has 1 heterocycles. The molecule has 0 radical (unpaired) electrons. The SMILES string of the molecule is CCOc1ccc(N2C(=O)NC(=O)C(=Cc3cc([N+](=O)[O-])ccc3OC)C2=O)cc1. The fourth-order valence-corrected chi connectivity index (χ4v) is 2.85. The van der Waals surface area contributed by atoms with Gasteiger partial charge in [0, 0.05) is 17.7 Å². The van der Waals surface area contributed by atoms with Crippen molar-refractivity contribution < 1.29 is 28.8 Å². The van der Waals surface area contributed by atoms with Crippen LogP contribution in [-0.4, -0.2) is 36.5 Å². The lowest BCUT2D eigenvalue weighted by Crippen LogP contribution is -2.54. The number of carbonyl (C=O) groups excluding carboxylic acids is 3. The third-order valence-corrected chi connectivity index (χ3v) is 4.23. The topological polar surface area (TPSA) is 128 Å². The van der Waals surface area contributed by atoms with Crippen LogP contribution in [0, 0.1) is 10.1 Å². The number of rotatable bonds is 6. The number of nitrogens with one attached hydrogen (secondary N) is 1. The lowest BCUT2D eigenvalue weighted by molar-refractivity contribution is -0.384. The Kier molecular flexibility index (Phi) is 5.77. The number of barbiturate groups is 1. The van der Waals surface area contributed by atoms with E-state index in [4.69, 9.17) is 9.47 Å². The summed E-state index contributed by atoms with van der Waals surface area (Å²) in [5.41, 5.74) is -0.246. The Morgan fingerprint density at radius 3 is 2.43 bits per heavy atom. The highest BCUT2D eigenvalue weighted by Crippen LogP contribution is 2.29. The first-order chi connectivity index (χ1) is 14.3. The number of carbonyl (C=O) groups is 3. The highest BCUT2D eigenvalue weighted by Gasteiger charge is 2.37. The van der Waals surface area contributed by atoms with Crippen molar-refractivity contribution in [2.75, 3.05) is 18.6 Å². The summed E-state index contributed by atoms with van der Waals surface area (Å²) < 4.78 is 10.5. The first-order valence-electron chi connectivity index (χ1n) is 8.82. The summed E-state index contributed by atoms with van der Waals surface area (Å²) in [7, 11) is 1.35. The van der Waals surface area contributed by atoms with Gasteiger partial charge in [-0.15, -0.1) is 0 Å². The quantitative estimate of drug-likeness (QED) is 0.335. The van der Waals surface area contributed by atoms with Crippen LogP contribution in [0.15, 0.2) is 48.0 Å². The van der Waals surface area contributed by atoms with Gasteiger partial charge in [0.25, 0.3) is 17.5 Å². The number of methoxy groups -OCH3 is 1. The van der Waals surface area contributed by atoms with Gasteiger partial charge in [-0.1, -0.05) is 0 Å². The fraction of sp³-hybridized carbons (Fsp3) is 0.150. The van der Waals surface area contributed by atoms with Gasteiger partial charge in [0.2, 0.25) is 0 Å². The highest BCUT2D eigenvalue weighted by molar-refractivity contribution is 6.39. The molecule has 1 aliphatic rings. The summed E-state index contributed by atoms with van der Waals surface area (Å²) in [6.45, 7) is 2.27. The molecule has 0 aromatic heterocycles. The van der Waals surface area contributed by atoms with Crippen molar-refractivity contribution in [2.45, 2.75) is 6.92 Å². The molecule has 2 aromatic carbocycles. The minimum Gasteiger partial charge on any atom is -0.496 e. The van der Waals surface area contributed by atoms with E-state index in [9.17, 15) is 24.5 Å². The molecule has 30 heavy (non-hydrogen) atoms. The van der Waals surface area contributed by atoms with Crippen LogP contribution in [0.5, 0.6) is 11.5 Å². The lowest BCUT2D eigenvalue weighted by Gasteiger charge is -2.26. The van der Waals surface area contributed by atoms with E-state index in [0.717, 1.165) is 11.0 Å². The number of anilines is 1. The van der Waals surface area contributed by atoms with Crippen molar-refractivity contribution >= 4 is 35.3 Å². The van der Waals surface area contributed by atoms with Gasteiger partial charge >= 0.3 is 6.03 Å². The van der Waals surface area contributed by atoms with E-state index in [0.29, 0.717) is 12.4 Å². The summed E-state index contributed by atoms with van der Waals surface area (Å²) >= 11 is 0. The number of amides is 4. The van der Waals surface area contributed by atoms with Gasteiger partial charge in [-0.2, -0.15) is 0 Å². The molecular weight excluding hydrogens is 394 g/mol. The molecule has 10 heteroatoms. The number of urea groups is 1. The molecule has 0 atom stereocenters. The predicted octanol–water partition coefficient (Wildman–Crippen LogP) is 2.67. The third kappa shape index (κ3) is 3.97. The van der Waals surface area contributed by atoms with Gasteiger partial charge in [-0.05, 0) is 43.3 Å². The number of hydrogen-bond donors (Lipinski definition) is 1. The number of hydrogen-bond acceptors (Lipinski definition) is 7. The van der Waals surface area contributed by atoms with Crippen LogP contribution in [0.2, 0.25) is 0 Å². The molecule has 154 valence electrons. The first kappa shape index (κ1) is 20.5. The van der Waals surface area contributed by atoms with E-state index in [1.54, 1.807) is 12.1 Å². The van der Waals surface area contributed by atoms with E-state index >= 15 is 0 Å². The summed E-state index contributed by atoms with van der Waals surface area (Å²) in [6, 6.07) is 9.03. The van der Waals surface area contributed by atoms with Crippen LogP contribution < -0.4 is 19.7 Å². The average Bonchev–Trinajstić information content (AvgIpc) is 2.72. The second-order valence-corrected chi connectivity index (χ2v) is 6.07. The Bertz CT molecular complexity index is 1060. The molecule has 10 nitrogen and oxygen atoms in total. The Morgan fingerprint density at radius 1 is 1.13 bits per heavy atom. The standard InChI is InChI=1S/C20H17N3O7/c1-3-30-15-7-4-13(5-8-15)22-19(25)16(18(24)21-20(22)26)11-12-10-14(23(27)28)6-9-17(12)29-2/h4-11H,3H2,1-2H3,(H,21,24,26). The summed E-state index contributed by atoms with van der Waals surface area (Å²) in [4.78, 5) is 48.8. The average molecular weight is 411 g/mol. The van der Waals surface area contributed by atoms with Crippen molar-refractivity contribution in [1.29, 1.82) is 0 Å². The Morgan fingerprint density at radius 2 is 1.83 bits per heavy atom. The van der Waals surface area contributed by atoms with Crippen LogP contribution in [0.4, 0.5) is 16.2 Å². The molecule has 0 aliphatic carbocycles. The minimum absolute atomic E-state index is 0.145. The molecule has 1 saturated heterocycles. The van der Waals surface area contributed by atoms with E-state index in [2.05, 4.69) is 5.32 Å². The fourth-order valence-electron chi connectivity index (χ4n) is 2.85. The number of ether oxygens (including phenoxy) is 2. The minimum atomic E-state index is -0.916. The molecule has 0 bridgehead atoms. The molecule has 0 spiro atoms. The number of benzene rings is 2. The van der Waals surface area contributed by atoms with Gasteiger partial charge in [0.15, 0.2) is 0 Å². The zero-order chi connectivity index (χ0) is 21.8. The Balaban J connectivity index is 2.02. The summed E-state index contributed by atoms with van der Waals surface area (Å²) in [5, 5.41) is 13.2. The number of imide groups is 2. The summed E-state index contributed by atoms with van der Waals surface area (Å²) in [5.74, 6) is -1.01.